The molecule has 0 aromatic carbocycles. The number of rotatable bonds is 45. The molecule has 3 unspecified atom stereocenters. The van der Waals surface area contributed by atoms with E-state index in [9.17, 15) is 19.4 Å². The first-order valence-corrected chi connectivity index (χ1v) is 26.2. The molecule has 0 bridgehead atoms. The van der Waals surface area contributed by atoms with Crippen molar-refractivity contribution in [2.24, 2.45) is 0 Å². The lowest BCUT2D eigenvalue weighted by atomic mass is 10.0. The maximum Gasteiger partial charge on any atom is 0.472 e. The predicted octanol–water partition coefficient (Wildman–Crippen LogP) is 14.1. The van der Waals surface area contributed by atoms with Crippen molar-refractivity contribution in [3.05, 3.63) is 24.3 Å². The van der Waals surface area contributed by atoms with Gasteiger partial charge in [0.1, 0.15) is 13.2 Å². The fourth-order valence-corrected chi connectivity index (χ4v) is 7.95. The molecule has 0 saturated heterocycles. The van der Waals surface area contributed by atoms with Crippen molar-refractivity contribution < 1.29 is 32.9 Å². The number of amides is 1. The summed E-state index contributed by atoms with van der Waals surface area (Å²) in [5.74, 6) is -0.184. The molecule has 1 amide bonds. The lowest BCUT2D eigenvalue weighted by molar-refractivity contribution is -0.870. The normalized spacial score (nSPS) is 14.4. The number of nitrogens with one attached hydrogen (secondary N) is 1. The molecule has 3 N–H and O–H groups in total. The summed E-state index contributed by atoms with van der Waals surface area (Å²) in [5.41, 5.74) is 0. The van der Waals surface area contributed by atoms with E-state index in [1.807, 2.05) is 27.2 Å². The van der Waals surface area contributed by atoms with Gasteiger partial charge in [-0.2, -0.15) is 0 Å². The highest BCUT2D eigenvalue weighted by Gasteiger charge is 2.27. The molecule has 0 spiro atoms. The Bertz CT molecular complexity index is 1000. The van der Waals surface area contributed by atoms with Crippen molar-refractivity contribution in [2.45, 2.75) is 244 Å². The number of likely N-dealkylation sites (N-methyl/N-ethyl adjacent to an activating group) is 1. The number of hydrogen-bond acceptors (Lipinski definition) is 5. The molecule has 58 heavy (non-hydrogen) atoms. The Labute approximate surface area is 360 Å². The minimum Gasteiger partial charge on any atom is -0.387 e. The summed E-state index contributed by atoms with van der Waals surface area (Å²) < 4.78 is 23.6. The van der Waals surface area contributed by atoms with Crippen LogP contribution in [0.5, 0.6) is 0 Å². The van der Waals surface area contributed by atoms with Crippen LogP contribution in [0.1, 0.15) is 232 Å². The van der Waals surface area contributed by atoms with Crippen LogP contribution in [-0.4, -0.2) is 73.4 Å². The van der Waals surface area contributed by atoms with Gasteiger partial charge in [-0.1, -0.05) is 205 Å². The molecule has 0 saturated carbocycles. The average molecular weight is 842 g/mol. The molecule has 0 aromatic heterocycles. The number of unbranched alkanes of at least 4 members (excludes halogenated alkanes) is 30. The second kappa shape index (κ2) is 41.3. The summed E-state index contributed by atoms with van der Waals surface area (Å²) in [4.78, 5) is 23.2. The van der Waals surface area contributed by atoms with Gasteiger partial charge in [0.25, 0.3) is 0 Å². The van der Waals surface area contributed by atoms with Gasteiger partial charge in [0, 0.05) is 6.42 Å². The molecule has 344 valence electrons. The van der Waals surface area contributed by atoms with E-state index in [1.165, 1.54) is 161 Å². The Hall–Kier alpha value is -1.02. The van der Waals surface area contributed by atoms with Gasteiger partial charge in [-0.15, -0.1) is 0 Å². The first-order valence-electron chi connectivity index (χ1n) is 24.7. The lowest BCUT2D eigenvalue weighted by Crippen LogP contribution is -2.45. The summed E-state index contributed by atoms with van der Waals surface area (Å²) in [6, 6.07) is -0.848. The second-order valence-electron chi connectivity index (χ2n) is 18.2. The van der Waals surface area contributed by atoms with Crippen molar-refractivity contribution in [1.82, 2.24) is 5.32 Å². The Balaban J connectivity index is 4.33. The third-order valence-electron chi connectivity index (χ3n) is 11.2. The first kappa shape index (κ1) is 57.0. The highest BCUT2D eigenvalue weighted by atomic mass is 31.2. The zero-order chi connectivity index (χ0) is 42.8. The van der Waals surface area contributed by atoms with Gasteiger partial charge in [0.15, 0.2) is 0 Å². The number of hydrogen-bond donors (Lipinski definition) is 3. The highest BCUT2D eigenvalue weighted by molar-refractivity contribution is 7.47. The molecule has 0 radical (unpaired) electrons. The van der Waals surface area contributed by atoms with Crippen LogP contribution < -0.4 is 5.32 Å². The standard InChI is InChI=1S/C49H97N2O6P/c1-6-8-10-12-14-16-18-20-22-23-24-25-26-27-29-30-32-34-36-38-40-42-48(52)47(46-57-58(54,55)56-45-44-51(3,4)5)50-49(53)43-41-39-37-35-33-31-28-21-19-17-15-13-11-9-7-2/h21,28,40,42,47-48,52H,6-20,22-27,29-39,41,43-46H2,1-5H3,(H-,50,53,54,55)/p+1/b28-21-,42-40+. The van der Waals surface area contributed by atoms with E-state index in [4.69, 9.17) is 9.05 Å². The van der Waals surface area contributed by atoms with Crippen LogP contribution in [-0.2, 0) is 18.4 Å². The van der Waals surface area contributed by atoms with E-state index in [0.717, 1.165) is 51.4 Å². The number of carbonyl (C=O) groups is 1. The van der Waals surface area contributed by atoms with Crippen LogP contribution in [0.4, 0.5) is 0 Å². The molecule has 3 atom stereocenters. The average Bonchev–Trinajstić information content (AvgIpc) is 3.17. The van der Waals surface area contributed by atoms with Crippen molar-refractivity contribution >= 4 is 13.7 Å². The highest BCUT2D eigenvalue weighted by Crippen LogP contribution is 2.43. The largest absolute Gasteiger partial charge is 0.472 e. The quantitative estimate of drug-likeness (QED) is 0.0244. The summed E-state index contributed by atoms with van der Waals surface area (Å²) in [6.45, 7) is 4.82. The molecule has 0 aromatic rings. The van der Waals surface area contributed by atoms with Gasteiger partial charge in [-0.3, -0.25) is 13.8 Å². The molecular formula is C49H98N2O6P+. The summed E-state index contributed by atoms with van der Waals surface area (Å²) >= 11 is 0. The SMILES string of the molecule is CCCCCCCC/C=C\CCCCCCCC(=O)NC(COP(=O)(O)OCC[N+](C)(C)C)C(O)/C=C/CCCCCCCCCCCCCCCCCCCCC. The van der Waals surface area contributed by atoms with E-state index in [2.05, 4.69) is 31.3 Å². The maximum absolute atomic E-state index is 12.9. The minimum absolute atomic E-state index is 0.0612. The van der Waals surface area contributed by atoms with Crippen LogP contribution in [0.3, 0.4) is 0 Å². The van der Waals surface area contributed by atoms with Crippen LogP contribution in [0.25, 0.3) is 0 Å². The van der Waals surface area contributed by atoms with Gasteiger partial charge in [-0.25, -0.2) is 4.57 Å². The number of phosphoric acid groups is 1. The van der Waals surface area contributed by atoms with Crippen molar-refractivity contribution in [3.63, 3.8) is 0 Å². The number of aliphatic hydroxyl groups is 1. The Morgan fingerprint density at radius 3 is 1.33 bits per heavy atom. The van der Waals surface area contributed by atoms with Gasteiger partial charge in [0.2, 0.25) is 5.91 Å². The van der Waals surface area contributed by atoms with E-state index in [0.29, 0.717) is 17.4 Å². The molecule has 9 heteroatoms. The van der Waals surface area contributed by atoms with E-state index in [1.54, 1.807) is 6.08 Å². The summed E-state index contributed by atoms with van der Waals surface area (Å²) in [7, 11) is 1.57. The van der Waals surface area contributed by atoms with Gasteiger partial charge < -0.3 is 19.8 Å². The van der Waals surface area contributed by atoms with E-state index < -0.39 is 20.0 Å². The van der Waals surface area contributed by atoms with Crippen molar-refractivity contribution in [3.8, 4) is 0 Å². The fraction of sp³-hybridized carbons (Fsp3) is 0.898. The predicted molar refractivity (Wildman–Crippen MR) is 249 cm³/mol. The topological polar surface area (TPSA) is 105 Å². The first-order chi connectivity index (χ1) is 28.0. The Morgan fingerprint density at radius 1 is 0.569 bits per heavy atom. The number of quaternary nitrogens is 1. The molecule has 0 aliphatic rings. The zero-order valence-electron chi connectivity index (χ0n) is 39.0. The lowest BCUT2D eigenvalue weighted by Gasteiger charge is -2.25. The van der Waals surface area contributed by atoms with Crippen molar-refractivity contribution in [1.29, 1.82) is 0 Å². The maximum atomic E-state index is 12.9. The van der Waals surface area contributed by atoms with Gasteiger partial charge in [0.05, 0.1) is 39.9 Å². The number of aliphatic hydroxyl groups excluding tert-OH is 1. The van der Waals surface area contributed by atoms with E-state index >= 15 is 0 Å². The van der Waals surface area contributed by atoms with E-state index in [-0.39, 0.29) is 19.1 Å². The second-order valence-corrected chi connectivity index (χ2v) is 19.6. The van der Waals surface area contributed by atoms with Gasteiger partial charge >= 0.3 is 7.82 Å². The Morgan fingerprint density at radius 2 is 0.931 bits per heavy atom. The van der Waals surface area contributed by atoms with Crippen LogP contribution >= 0.6 is 7.82 Å². The third kappa shape index (κ3) is 43.1. The number of carbonyl (C=O) groups excluding carboxylic acids is 1. The number of allylic oxidation sites excluding steroid dienone is 3. The Kier molecular flexibility index (Phi) is 40.6. The molecule has 0 aliphatic carbocycles. The smallest absolute Gasteiger partial charge is 0.387 e. The number of nitrogens with zero attached hydrogens (tertiary/aromatic N) is 1. The monoisotopic (exact) mass is 842 g/mol. The molecular weight excluding hydrogens is 744 g/mol. The fourth-order valence-electron chi connectivity index (χ4n) is 7.21. The van der Waals surface area contributed by atoms with Crippen molar-refractivity contribution in [2.75, 3.05) is 40.9 Å². The molecule has 0 rings (SSSR count). The molecule has 0 aliphatic heterocycles. The third-order valence-corrected chi connectivity index (χ3v) is 12.1. The minimum atomic E-state index is -4.34. The number of phosphoric ester groups is 1. The summed E-state index contributed by atoms with van der Waals surface area (Å²) in [5, 5.41) is 13.9. The van der Waals surface area contributed by atoms with Crippen LogP contribution in [0, 0.1) is 0 Å². The molecule has 8 nitrogen and oxygen atoms in total. The van der Waals surface area contributed by atoms with Crippen LogP contribution in [0.15, 0.2) is 24.3 Å². The van der Waals surface area contributed by atoms with Crippen LogP contribution in [0.2, 0.25) is 0 Å². The van der Waals surface area contributed by atoms with Gasteiger partial charge in [-0.05, 0) is 44.9 Å². The zero-order valence-corrected chi connectivity index (χ0v) is 39.9. The summed E-state index contributed by atoms with van der Waals surface area (Å²) in [6.07, 6.45) is 49.6. The molecule has 0 heterocycles. The molecule has 0 fully saturated rings.